The second-order valence-corrected chi connectivity index (χ2v) is 5.97. The number of likely N-dealkylation sites (N-methyl/N-ethyl adjacent to an activating group) is 1. The topological polar surface area (TPSA) is 58.8 Å². The molecule has 0 saturated carbocycles. The largest absolute Gasteiger partial charge is 0.381 e. The number of hydrogen-bond donors (Lipinski definition) is 1. The van der Waals surface area contributed by atoms with Crippen molar-refractivity contribution in [1.29, 1.82) is 0 Å². The maximum atomic E-state index is 12.2. The van der Waals surface area contributed by atoms with E-state index in [0.717, 1.165) is 52.1 Å². The van der Waals surface area contributed by atoms with E-state index >= 15 is 0 Å². The fraction of sp³-hybridized carbons (Fsp3) is 0.929. The van der Waals surface area contributed by atoms with Gasteiger partial charge in [-0.3, -0.25) is 9.69 Å². The third-order valence-electron chi connectivity index (χ3n) is 4.20. The third kappa shape index (κ3) is 4.75. The third-order valence-corrected chi connectivity index (χ3v) is 4.20. The monoisotopic (exact) mass is 269 g/mol. The SMILES string of the molecule is CN(CC1CCCOC1)C(=O)CN1CCC(N)CC1. The smallest absolute Gasteiger partial charge is 0.236 e. The van der Waals surface area contributed by atoms with Crippen molar-refractivity contribution < 1.29 is 9.53 Å². The maximum absolute atomic E-state index is 12.2. The van der Waals surface area contributed by atoms with Gasteiger partial charge in [-0.2, -0.15) is 0 Å². The zero-order chi connectivity index (χ0) is 13.7. The number of carbonyl (C=O) groups is 1. The van der Waals surface area contributed by atoms with Crippen LogP contribution in [-0.2, 0) is 9.53 Å². The molecule has 2 aliphatic heterocycles. The Balaban J connectivity index is 1.69. The summed E-state index contributed by atoms with van der Waals surface area (Å²) in [6.07, 6.45) is 4.31. The van der Waals surface area contributed by atoms with Gasteiger partial charge in [-0.25, -0.2) is 0 Å². The summed E-state index contributed by atoms with van der Waals surface area (Å²) in [6.45, 7) is 4.95. The highest BCUT2D eigenvalue weighted by Gasteiger charge is 2.22. The Morgan fingerprint density at radius 3 is 2.74 bits per heavy atom. The molecule has 19 heavy (non-hydrogen) atoms. The van der Waals surface area contributed by atoms with Crippen LogP contribution in [-0.4, -0.2) is 68.2 Å². The van der Waals surface area contributed by atoms with Crippen LogP contribution in [0, 0.1) is 5.92 Å². The van der Waals surface area contributed by atoms with Crippen molar-refractivity contribution in [3.8, 4) is 0 Å². The minimum atomic E-state index is 0.223. The summed E-state index contributed by atoms with van der Waals surface area (Å²) in [4.78, 5) is 16.3. The van der Waals surface area contributed by atoms with Gasteiger partial charge in [-0.05, 0) is 31.6 Å². The van der Waals surface area contributed by atoms with Crippen LogP contribution < -0.4 is 5.73 Å². The molecule has 2 N–H and O–H groups in total. The summed E-state index contributed by atoms with van der Waals surface area (Å²) in [5.74, 6) is 0.735. The van der Waals surface area contributed by atoms with Crippen LogP contribution in [0.25, 0.3) is 0 Å². The number of nitrogens with zero attached hydrogens (tertiary/aromatic N) is 2. The van der Waals surface area contributed by atoms with E-state index in [9.17, 15) is 4.79 Å². The molecule has 0 bridgehead atoms. The first kappa shape index (κ1) is 14.8. The Bertz CT molecular complexity index is 284. The van der Waals surface area contributed by atoms with Crippen LogP contribution in [0.2, 0.25) is 0 Å². The Labute approximate surface area is 116 Å². The maximum Gasteiger partial charge on any atom is 0.236 e. The van der Waals surface area contributed by atoms with Gasteiger partial charge in [0.15, 0.2) is 0 Å². The lowest BCUT2D eigenvalue weighted by molar-refractivity contribution is -0.132. The molecule has 0 spiro atoms. The molecule has 0 radical (unpaired) electrons. The molecule has 1 unspecified atom stereocenters. The van der Waals surface area contributed by atoms with Crippen LogP contribution in [0.4, 0.5) is 0 Å². The average Bonchev–Trinajstić information content (AvgIpc) is 2.42. The normalized spacial score (nSPS) is 26.3. The highest BCUT2D eigenvalue weighted by Crippen LogP contribution is 2.15. The highest BCUT2D eigenvalue weighted by molar-refractivity contribution is 5.78. The summed E-state index contributed by atoms with van der Waals surface area (Å²) in [5, 5.41) is 0. The molecule has 1 atom stereocenters. The lowest BCUT2D eigenvalue weighted by atomic mass is 10.0. The molecule has 2 heterocycles. The highest BCUT2D eigenvalue weighted by atomic mass is 16.5. The van der Waals surface area contributed by atoms with Crippen LogP contribution >= 0.6 is 0 Å². The molecule has 2 saturated heterocycles. The van der Waals surface area contributed by atoms with E-state index in [4.69, 9.17) is 10.5 Å². The minimum Gasteiger partial charge on any atom is -0.381 e. The van der Waals surface area contributed by atoms with Crippen molar-refractivity contribution in [3.05, 3.63) is 0 Å². The van der Waals surface area contributed by atoms with E-state index in [1.807, 2.05) is 11.9 Å². The van der Waals surface area contributed by atoms with Crippen molar-refractivity contribution in [2.24, 2.45) is 11.7 Å². The number of likely N-dealkylation sites (tertiary alicyclic amines) is 1. The van der Waals surface area contributed by atoms with Gasteiger partial charge in [-0.1, -0.05) is 0 Å². The fourth-order valence-electron chi connectivity index (χ4n) is 2.86. The molecule has 0 aromatic rings. The summed E-state index contributed by atoms with van der Waals surface area (Å²) < 4.78 is 5.46. The van der Waals surface area contributed by atoms with Gasteiger partial charge >= 0.3 is 0 Å². The van der Waals surface area contributed by atoms with Crippen LogP contribution in [0.1, 0.15) is 25.7 Å². The number of rotatable bonds is 4. The van der Waals surface area contributed by atoms with Crippen molar-refractivity contribution in [2.45, 2.75) is 31.7 Å². The molecule has 5 nitrogen and oxygen atoms in total. The quantitative estimate of drug-likeness (QED) is 0.797. The first-order valence-corrected chi connectivity index (χ1v) is 7.45. The molecular weight excluding hydrogens is 242 g/mol. The molecular formula is C14H27N3O2. The molecule has 2 rings (SSSR count). The molecule has 2 fully saturated rings. The Kier molecular flexibility index (Phi) is 5.60. The summed E-state index contributed by atoms with van der Waals surface area (Å²) in [6, 6.07) is 0.323. The second-order valence-electron chi connectivity index (χ2n) is 5.97. The molecule has 1 amide bonds. The van der Waals surface area contributed by atoms with Gasteiger partial charge in [-0.15, -0.1) is 0 Å². The van der Waals surface area contributed by atoms with E-state index in [1.54, 1.807) is 0 Å². The molecule has 0 aliphatic carbocycles. The number of piperidine rings is 1. The molecule has 110 valence electrons. The van der Waals surface area contributed by atoms with E-state index in [-0.39, 0.29) is 5.91 Å². The van der Waals surface area contributed by atoms with Crippen LogP contribution in [0.15, 0.2) is 0 Å². The first-order valence-electron chi connectivity index (χ1n) is 7.45. The van der Waals surface area contributed by atoms with Gasteiger partial charge in [0.2, 0.25) is 5.91 Å². The fourth-order valence-corrected chi connectivity index (χ4v) is 2.86. The minimum absolute atomic E-state index is 0.223. The van der Waals surface area contributed by atoms with Crippen LogP contribution in [0.5, 0.6) is 0 Å². The lowest BCUT2D eigenvalue weighted by Gasteiger charge is -2.32. The van der Waals surface area contributed by atoms with Crippen LogP contribution in [0.3, 0.4) is 0 Å². The number of carbonyl (C=O) groups excluding carboxylic acids is 1. The van der Waals surface area contributed by atoms with E-state index in [0.29, 0.717) is 18.5 Å². The summed E-state index contributed by atoms with van der Waals surface area (Å²) >= 11 is 0. The van der Waals surface area contributed by atoms with E-state index in [2.05, 4.69) is 4.90 Å². The molecule has 2 aliphatic rings. The van der Waals surface area contributed by atoms with Gasteiger partial charge in [0.1, 0.15) is 0 Å². The summed E-state index contributed by atoms with van der Waals surface area (Å²) in [7, 11) is 1.91. The van der Waals surface area contributed by atoms with E-state index < -0.39 is 0 Å². The standard InChI is InChI=1S/C14H27N3O2/c1-16(9-12-3-2-8-19-11-12)14(18)10-17-6-4-13(15)5-7-17/h12-13H,2-11,15H2,1H3. The Hall–Kier alpha value is -0.650. The molecule has 0 aromatic carbocycles. The predicted octanol–water partition coefficient (Wildman–Crippen LogP) is 0.295. The zero-order valence-electron chi connectivity index (χ0n) is 12.0. The number of ether oxygens (including phenoxy) is 1. The summed E-state index contributed by atoms with van der Waals surface area (Å²) in [5.41, 5.74) is 5.88. The zero-order valence-corrected chi connectivity index (χ0v) is 12.0. The van der Waals surface area contributed by atoms with E-state index in [1.165, 1.54) is 6.42 Å². The lowest BCUT2D eigenvalue weighted by Crippen LogP contribution is -2.46. The number of hydrogen-bond acceptors (Lipinski definition) is 4. The van der Waals surface area contributed by atoms with Crippen molar-refractivity contribution >= 4 is 5.91 Å². The van der Waals surface area contributed by atoms with Crippen molar-refractivity contribution in [1.82, 2.24) is 9.80 Å². The molecule has 0 aromatic heterocycles. The predicted molar refractivity (Wildman–Crippen MR) is 74.8 cm³/mol. The van der Waals surface area contributed by atoms with Gasteiger partial charge in [0.05, 0.1) is 13.2 Å². The number of amides is 1. The average molecular weight is 269 g/mol. The van der Waals surface area contributed by atoms with Gasteiger partial charge in [0.25, 0.3) is 0 Å². The Morgan fingerprint density at radius 1 is 1.37 bits per heavy atom. The Morgan fingerprint density at radius 2 is 2.11 bits per heavy atom. The first-order chi connectivity index (χ1) is 9.15. The van der Waals surface area contributed by atoms with Crippen molar-refractivity contribution in [2.75, 3.05) is 46.4 Å². The van der Waals surface area contributed by atoms with Crippen molar-refractivity contribution in [3.63, 3.8) is 0 Å². The second kappa shape index (κ2) is 7.22. The van der Waals surface area contributed by atoms with Gasteiger partial charge in [0, 0.05) is 39.3 Å². The number of nitrogens with two attached hydrogens (primary N) is 1. The molecule has 5 heteroatoms. The van der Waals surface area contributed by atoms with Gasteiger partial charge < -0.3 is 15.4 Å².